The largest absolute Gasteiger partial charge is 0.383 e. The molecule has 0 atom stereocenters. The summed E-state index contributed by atoms with van der Waals surface area (Å²) in [6, 6.07) is 4.67. The van der Waals surface area contributed by atoms with Gasteiger partial charge in [0.05, 0.1) is 0 Å². The van der Waals surface area contributed by atoms with E-state index in [0.29, 0.717) is 0 Å². The molecular formula is C10H13BrFNS. The molecule has 0 aliphatic heterocycles. The highest BCUT2D eigenvalue weighted by Crippen LogP contribution is 2.22. The highest BCUT2D eigenvalue weighted by atomic mass is 79.9. The van der Waals surface area contributed by atoms with E-state index >= 15 is 0 Å². The summed E-state index contributed by atoms with van der Waals surface area (Å²) < 4.78 is 13.5. The van der Waals surface area contributed by atoms with Crippen molar-refractivity contribution in [3.63, 3.8) is 0 Å². The molecule has 1 aromatic carbocycles. The molecule has 0 aliphatic carbocycles. The highest BCUT2D eigenvalue weighted by molar-refractivity contribution is 9.10. The van der Waals surface area contributed by atoms with Crippen molar-refractivity contribution in [1.29, 1.82) is 0 Å². The summed E-state index contributed by atoms with van der Waals surface area (Å²) in [5, 5.41) is 3.24. The first-order valence-electron chi connectivity index (χ1n) is 4.50. The molecule has 0 heterocycles. The smallest absolute Gasteiger partial charge is 0.124 e. The van der Waals surface area contributed by atoms with Gasteiger partial charge in [0.1, 0.15) is 5.82 Å². The van der Waals surface area contributed by atoms with Crippen molar-refractivity contribution in [1.82, 2.24) is 0 Å². The second kappa shape index (κ2) is 6.30. The second-order valence-electron chi connectivity index (χ2n) is 2.75. The Hall–Kier alpha value is -0.220. The zero-order valence-corrected chi connectivity index (χ0v) is 10.4. The average molecular weight is 278 g/mol. The van der Waals surface area contributed by atoms with Gasteiger partial charge in [-0.15, -0.1) is 0 Å². The van der Waals surface area contributed by atoms with Crippen molar-refractivity contribution in [2.45, 2.75) is 6.92 Å². The van der Waals surface area contributed by atoms with Gasteiger partial charge in [-0.05, 0) is 39.9 Å². The summed E-state index contributed by atoms with van der Waals surface area (Å²) in [4.78, 5) is 0. The highest BCUT2D eigenvalue weighted by Gasteiger charge is 1.99. The van der Waals surface area contributed by atoms with Gasteiger partial charge < -0.3 is 5.32 Å². The molecule has 4 heteroatoms. The summed E-state index contributed by atoms with van der Waals surface area (Å²) in [5.41, 5.74) is 0.947. The van der Waals surface area contributed by atoms with E-state index in [1.807, 2.05) is 11.8 Å². The van der Waals surface area contributed by atoms with Crippen LogP contribution in [0, 0.1) is 5.82 Å². The van der Waals surface area contributed by atoms with Crippen LogP contribution in [0.4, 0.5) is 10.1 Å². The van der Waals surface area contributed by atoms with Crippen LogP contribution in [0.3, 0.4) is 0 Å². The molecule has 0 aliphatic rings. The zero-order valence-electron chi connectivity index (χ0n) is 8.02. The molecule has 1 aromatic rings. The number of rotatable bonds is 5. The minimum absolute atomic E-state index is 0.217. The minimum Gasteiger partial charge on any atom is -0.383 e. The van der Waals surface area contributed by atoms with Gasteiger partial charge in [-0.25, -0.2) is 4.39 Å². The maximum atomic E-state index is 12.7. The number of thioether (sulfide) groups is 1. The molecule has 1 N–H and O–H groups in total. The van der Waals surface area contributed by atoms with E-state index in [4.69, 9.17) is 0 Å². The normalized spacial score (nSPS) is 10.2. The standard InChI is InChI=1S/C10H13BrFNS/c1-2-14-6-5-13-10-4-3-8(12)7-9(10)11/h3-4,7,13H,2,5-6H2,1H3. The number of nitrogens with one attached hydrogen (secondary N) is 1. The van der Waals surface area contributed by atoms with Gasteiger partial charge in [-0.3, -0.25) is 0 Å². The molecule has 0 aromatic heterocycles. The van der Waals surface area contributed by atoms with Crippen LogP contribution in [0.2, 0.25) is 0 Å². The minimum atomic E-state index is -0.217. The topological polar surface area (TPSA) is 12.0 Å². The van der Waals surface area contributed by atoms with E-state index in [-0.39, 0.29) is 5.82 Å². The second-order valence-corrected chi connectivity index (χ2v) is 5.00. The fraction of sp³-hybridized carbons (Fsp3) is 0.400. The quantitative estimate of drug-likeness (QED) is 0.823. The van der Waals surface area contributed by atoms with Crippen LogP contribution in [-0.2, 0) is 0 Å². The summed E-state index contributed by atoms with van der Waals surface area (Å²) in [6.45, 7) is 3.04. The van der Waals surface area contributed by atoms with Crippen molar-refractivity contribution in [3.05, 3.63) is 28.5 Å². The molecule has 0 bridgehead atoms. The Kier molecular flexibility index (Phi) is 5.33. The first-order chi connectivity index (χ1) is 6.74. The fourth-order valence-corrected chi connectivity index (χ4v) is 2.06. The molecule has 0 spiro atoms. The van der Waals surface area contributed by atoms with E-state index in [1.54, 1.807) is 6.07 Å². The summed E-state index contributed by atoms with van der Waals surface area (Å²) in [6.07, 6.45) is 0. The number of hydrogen-bond donors (Lipinski definition) is 1. The van der Waals surface area contributed by atoms with Gasteiger partial charge in [-0.2, -0.15) is 11.8 Å². The summed E-state index contributed by atoms with van der Waals surface area (Å²) in [7, 11) is 0. The van der Waals surface area contributed by atoms with E-state index in [2.05, 4.69) is 28.2 Å². The number of anilines is 1. The number of halogens is 2. The van der Waals surface area contributed by atoms with Gasteiger partial charge in [0.25, 0.3) is 0 Å². The van der Waals surface area contributed by atoms with Crippen LogP contribution in [0.15, 0.2) is 22.7 Å². The SMILES string of the molecule is CCSCCNc1ccc(F)cc1Br. The number of hydrogen-bond acceptors (Lipinski definition) is 2. The lowest BCUT2D eigenvalue weighted by molar-refractivity contribution is 0.627. The first kappa shape index (κ1) is 11.9. The molecule has 0 saturated heterocycles. The van der Waals surface area contributed by atoms with Crippen LogP contribution >= 0.6 is 27.7 Å². The maximum absolute atomic E-state index is 12.7. The fourth-order valence-electron chi connectivity index (χ4n) is 1.04. The van der Waals surface area contributed by atoms with Crippen molar-refractivity contribution in [2.75, 3.05) is 23.4 Å². The predicted octanol–water partition coefficient (Wildman–Crippen LogP) is 3.75. The van der Waals surface area contributed by atoms with Crippen LogP contribution in [0.25, 0.3) is 0 Å². The summed E-state index contributed by atoms with van der Waals surface area (Å²) >= 11 is 5.19. The molecule has 78 valence electrons. The Morgan fingerprint density at radius 3 is 2.93 bits per heavy atom. The first-order valence-corrected chi connectivity index (χ1v) is 6.45. The third-order valence-electron chi connectivity index (χ3n) is 1.70. The molecule has 1 rings (SSSR count). The Bertz CT molecular complexity index is 293. The molecule has 14 heavy (non-hydrogen) atoms. The monoisotopic (exact) mass is 277 g/mol. The Morgan fingerprint density at radius 2 is 2.29 bits per heavy atom. The van der Waals surface area contributed by atoms with E-state index in [9.17, 15) is 4.39 Å². The van der Waals surface area contributed by atoms with Crippen molar-refractivity contribution in [3.8, 4) is 0 Å². The van der Waals surface area contributed by atoms with Crippen LogP contribution in [-0.4, -0.2) is 18.1 Å². The molecule has 1 nitrogen and oxygen atoms in total. The third kappa shape index (κ3) is 3.88. The average Bonchev–Trinajstić information content (AvgIpc) is 2.15. The Balaban J connectivity index is 2.42. The Labute approximate surface area is 96.6 Å². The molecule has 0 radical (unpaired) electrons. The van der Waals surface area contributed by atoms with Crippen LogP contribution in [0.5, 0.6) is 0 Å². The van der Waals surface area contributed by atoms with E-state index in [1.165, 1.54) is 12.1 Å². The van der Waals surface area contributed by atoms with E-state index in [0.717, 1.165) is 28.2 Å². The molecule has 0 fully saturated rings. The molecule has 0 unspecified atom stereocenters. The predicted molar refractivity (Wildman–Crippen MR) is 65.6 cm³/mol. The van der Waals surface area contributed by atoms with Crippen LogP contribution in [0.1, 0.15) is 6.92 Å². The third-order valence-corrected chi connectivity index (χ3v) is 3.25. The van der Waals surface area contributed by atoms with Gasteiger partial charge in [-0.1, -0.05) is 6.92 Å². The number of benzene rings is 1. The van der Waals surface area contributed by atoms with Gasteiger partial charge in [0, 0.05) is 22.5 Å². The van der Waals surface area contributed by atoms with Gasteiger partial charge in [0.15, 0.2) is 0 Å². The lowest BCUT2D eigenvalue weighted by Gasteiger charge is -2.07. The van der Waals surface area contributed by atoms with Crippen molar-refractivity contribution >= 4 is 33.4 Å². The Morgan fingerprint density at radius 1 is 1.50 bits per heavy atom. The molecular weight excluding hydrogens is 265 g/mol. The zero-order chi connectivity index (χ0) is 10.4. The molecule has 0 saturated carbocycles. The molecule has 0 amide bonds. The van der Waals surface area contributed by atoms with Gasteiger partial charge in [0.2, 0.25) is 0 Å². The summed E-state index contributed by atoms with van der Waals surface area (Å²) in [5.74, 6) is 1.98. The maximum Gasteiger partial charge on any atom is 0.124 e. The lowest BCUT2D eigenvalue weighted by Crippen LogP contribution is -2.04. The lowest BCUT2D eigenvalue weighted by atomic mass is 10.3. The van der Waals surface area contributed by atoms with Gasteiger partial charge >= 0.3 is 0 Å². The van der Waals surface area contributed by atoms with E-state index < -0.39 is 0 Å². The van der Waals surface area contributed by atoms with Crippen molar-refractivity contribution < 1.29 is 4.39 Å². The van der Waals surface area contributed by atoms with Crippen LogP contribution < -0.4 is 5.32 Å². The van der Waals surface area contributed by atoms with Crippen molar-refractivity contribution in [2.24, 2.45) is 0 Å².